The molecule has 0 bridgehead atoms. The standard InChI is InChI=1S/C15H19ClN2O2/c1-11(19)14-4-2-3-9-18(14)10-15(20)17-13-7-5-12(16)6-8-13/h5-8,14H,2-4,9-10H2,1H3,(H,17,20). The van der Waals surface area contributed by atoms with Gasteiger partial charge < -0.3 is 5.32 Å². The van der Waals surface area contributed by atoms with Gasteiger partial charge in [-0.25, -0.2) is 0 Å². The van der Waals surface area contributed by atoms with Gasteiger partial charge in [0.15, 0.2) is 0 Å². The second-order valence-corrected chi connectivity index (χ2v) is 5.58. The van der Waals surface area contributed by atoms with Crippen LogP contribution in [-0.4, -0.2) is 35.7 Å². The van der Waals surface area contributed by atoms with Crippen LogP contribution >= 0.6 is 11.6 Å². The summed E-state index contributed by atoms with van der Waals surface area (Å²) >= 11 is 5.80. The van der Waals surface area contributed by atoms with Gasteiger partial charge in [0.2, 0.25) is 5.91 Å². The van der Waals surface area contributed by atoms with Gasteiger partial charge in [0.05, 0.1) is 12.6 Å². The number of likely N-dealkylation sites (tertiary alicyclic amines) is 1. The number of anilines is 1. The molecule has 1 aliphatic rings. The molecule has 0 aliphatic carbocycles. The lowest BCUT2D eigenvalue weighted by molar-refractivity contribution is -0.125. The van der Waals surface area contributed by atoms with E-state index in [0.29, 0.717) is 5.02 Å². The lowest BCUT2D eigenvalue weighted by atomic mass is 9.99. The summed E-state index contributed by atoms with van der Waals surface area (Å²) < 4.78 is 0. The number of hydrogen-bond donors (Lipinski definition) is 1. The predicted octanol–water partition coefficient (Wildman–Crippen LogP) is 2.72. The van der Waals surface area contributed by atoms with Crippen molar-refractivity contribution >= 4 is 29.0 Å². The molecule has 1 fully saturated rings. The largest absolute Gasteiger partial charge is 0.325 e. The number of carbonyl (C=O) groups is 2. The Hall–Kier alpha value is -1.39. The van der Waals surface area contributed by atoms with Gasteiger partial charge in [0.25, 0.3) is 0 Å². The number of benzene rings is 1. The SMILES string of the molecule is CC(=O)C1CCCCN1CC(=O)Nc1ccc(Cl)cc1. The van der Waals surface area contributed by atoms with E-state index in [1.165, 1.54) is 0 Å². The van der Waals surface area contributed by atoms with Crippen LogP contribution in [0.25, 0.3) is 0 Å². The quantitative estimate of drug-likeness (QED) is 0.929. The van der Waals surface area contributed by atoms with Crippen molar-refractivity contribution in [3.05, 3.63) is 29.3 Å². The van der Waals surface area contributed by atoms with Crippen molar-refractivity contribution in [3.8, 4) is 0 Å². The molecule has 1 unspecified atom stereocenters. The minimum Gasteiger partial charge on any atom is -0.325 e. The lowest BCUT2D eigenvalue weighted by Crippen LogP contribution is -2.47. The van der Waals surface area contributed by atoms with Crippen molar-refractivity contribution in [3.63, 3.8) is 0 Å². The maximum absolute atomic E-state index is 12.0. The fourth-order valence-corrected chi connectivity index (χ4v) is 2.68. The third kappa shape index (κ3) is 4.05. The van der Waals surface area contributed by atoms with E-state index < -0.39 is 0 Å². The topological polar surface area (TPSA) is 49.4 Å². The first kappa shape index (κ1) is 15.0. The highest BCUT2D eigenvalue weighted by Gasteiger charge is 2.27. The molecule has 0 spiro atoms. The van der Waals surface area contributed by atoms with Gasteiger partial charge in [-0.3, -0.25) is 14.5 Å². The fraction of sp³-hybridized carbons (Fsp3) is 0.467. The first-order valence-electron chi connectivity index (χ1n) is 6.86. The van der Waals surface area contributed by atoms with Gasteiger partial charge in [-0.2, -0.15) is 0 Å². The molecule has 1 atom stereocenters. The first-order chi connectivity index (χ1) is 9.56. The van der Waals surface area contributed by atoms with Crippen molar-refractivity contribution in [2.24, 2.45) is 0 Å². The molecule has 108 valence electrons. The normalized spacial score (nSPS) is 19.6. The van der Waals surface area contributed by atoms with Crippen LogP contribution in [0.1, 0.15) is 26.2 Å². The number of rotatable bonds is 4. The molecule has 1 aromatic rings. The lowest BCUT2D eigenvalue weighted by Gasteiger charge is -2.33. The maximum Gasteiger partial charge on any atom is 0.238 e. The van der Waals surface area contributed by atoms with Crippen LogP contribution in [0, 0.1) is 0 Å². The molecule has 1 saturated heterocycles. The second kappa shape index (κ2) is 6.86. The van der Waals surface area contributed by atoms with E-state index >= 15 is 0 Å². The number of hydrogen-bond acceptors (Lipinski definition) is 3. The number of nitrogens with one attached hydrogen (secondary N) is 1. The zero-order chi connectivity index (χ0) is 14.5. The number of carbonyl (C=O) groups excluding carboxylic acids is 2. The molecule has 0 aromatic heterocycles. The highest BCUT2D eigenvalue weighted by molar-refractivity contribution is 6.30. The number of ketones is 1. The van der Waals surface area contributed by atoms with Crippen LogP contribution in [0.4, 0.5) is 5.69 Å². The third-order valence-electron chi connectivity index (χ3n) is 3.56. The van der Waals surface area contributed by atoms with Crippen LogP contribution in [0.2, 0.25) is 5.02 Å². The van der Waals surface area contributed by atoms with Gasteiger partial charge in [-0.15, -0.1) is 0 Å². The summed E-state index contributed by atoms with van der Waals surface area (Å²) in [6, 6.07) is 6.88. The fourth-order valence-electron chi connectivity index (χ4n) is 2.56. The summed E-state index contributed by atoms with van der Waals surface area (Å²) in [6.07, 6.45) is 2.95. The number of Topliss-reactive ketones (excluding diaryl/α,β-unsaturated/α-hetero) is 1. The Kier molecular flexibility index (Phi) is 5.15. The van der Waals surface area contributed by atoms with Gasteiger partial charge in [-0.05, 0) is 50.6 Å². The Balaban J connectivity index is 1.92. The number of halogens is 1. The summed E-state index contributed by atoms with van der Waals surface area (Å²) in [4.78, 5) is 25.6. The zero-order valence-corrected chi connectivity index (χ0v) is 12.3. The summed E-state index contributed by atoms with van der Waals surface area (Å²) in [5.74, 6) is 0.0458. The van der Waals surface area contributed by atoms with E-state index in [2.05, 4.69) is 5.32 Å². The Morgan fingerprint density at radius 3 is 2.65 bits per heavy atom. The van der Waals surface area contributed by atoms with Crippen molar-refractivity contribution < 1.29 is 9.59 Å². The summed E-state index contributed by atoms with van der Waals surface area (Å²) in [7, 11) is 0. The number of amides is 1. The monoisotopic (exact) mass is 294 g/mol. The van der Waals surface area contributed by atoms with E-state index in [1.54, 1.807) is 31.2 Å². The molecule has 1 heterocycles. The van der Waals surface area contributed by atoms with E-state index in [1.807, 2.05) is 4.90 Å². The second-order valence-electron chi connectivity index (χ2n) is 5.15. The highest BCUT2D eigenvalue weighted by Crippen LogP contribution is 2.18. The maximum atomic E-state index is 12.0. The summed E-state index contributed by atoms with van der Waals surface area (Å²) in [5.41, 5.74) is 0.718. The summed E-state index contributed by atoms with van der Waals surface area (Å²) in [5, 5.41) is 3.46. The van der Waals surface area contributed by atoms with Crippen LogP contribution in [0.3, 0.4) is 0 Å². The van der Waals surface area contributed by atoms with Crippen LogP contribution in [-0.2, 0) is 9.59 Å². The van der Waals surface area contributed by atoms with Crippen molar-refractivity contribution in [2.45, 2.75) is 32.2 Å². The zero-order valence-electron chi connectivity index (χ0n) is 11.6. The minimum atomic E-state index is -0.111. The van der Waals surface area contributed by atoms with Crippen LogP contribution in [0.15, 0.2) is 24.3 Å². The Morgan fingerprint density at radius 2 is 2.00 bits per heavy atom. The Labute approximate surface area is 124 Å². The molecule has 2 rings (SSSR count). The number of nitrogens with zero attached hydrogens (tertiary/aromatic N) is 1. The number of piperidine rings is 1. The molecule has 1 N–H and O–H groups in total. The average Bonchev–Trinajstić information content (AvgIpc) is 2.41. The van der Waals surface area contributed by atoms with E-state index in [-0.39, 0.29) is 24.3 Å². The smallest absolute Gasteiger partial charge is 0.238 e. The van der Waals surface area contributed by atoms with Crippen molar-refractivity contribution in [2.75, 3.05) is 18.4 Å². The molecule has 0 saturated carbocycles. The molecule has 1 aromatic carbocycles. The van der Waals surface area contributed by atoms with E-state index in [4.69, 9.17) is 11.6 Å². The van der Waals surface area contributed by atoms with Crippen molar-refractivity contribution in [1.82, 2.24) is 4.90 Å². The van der Waals surface area contributed by atoms with Gasteiger partial charge in [-0.1, -0.05) is 18.0 Å². The highest BCUT2D eigenvalue weighted by atomic mass is 35.5. The molecule has 1 aliphatic heterocycles. The van der Waals surface area contributed by atoms with E-state index in [9.17, 15) is 9.59 Å². The van der Waals surface area contributed by atoms with E-state index in [0.717, 1.165) is 31.5 Å². The predicted molar refractivity (Wildman–Crippen MR) is 80.0 cm³/mol. The summed E-state index contributed by atoms with van der Waals surface area (Å²) in [6.45, 7) is 2.66. The molecule has 5 heteroatoms. The molecule has 0 radical (unpaired) electrons. The third-order valence-corrected chi connectivity index (χ3v) is 3.81. The first-order valence-corrected chi connectivity index (χ1v) is 7.24. The van der Waals surface area contributed by atoms with Gasteiger partial charge in [0.1, 0.15) is 5.78 Å². The van der Waals surface area contributed by atoms with Gasteiger partial charge >= 0.3 is 0 Å². The van der Waals surface area contributed by atoms with Crippen LogP contribution < -0.4 is 5.32 Å². The van der Waals surface area contributed by atoms with Crippen molar-refractivity contribution in [1.29, 1.82) is 0 Å². The molecular formula is C15H19ClN2O2. The Morgan fingerprint density at radius 1 is 1.30 bits per heavy atom. The van der Waals surface area contributed by atoms with Crippen LogP contribution in [0.5, 0.6) is 0 Å². The molecule has 20 heavy (non-hydrogen) atoms. The average molecular weight is 295 g/mol. The molecular weight excluding hydrogens is 276 g/mol. The minimum absolute atomic E-state index is 0.0968. The van der Waals surface area contributed by atoms with Gasteiger partial charge in [0, 0.05) is 10.7 Å². The Bertz CT molecular complexity index is 487. The molecule has 1 amide bonds. The molecule has 4 nitrogen and oxygen atoms in total.